The van der Waals surface area contributed by atoms with E-state index in [1.165, 1.54) is 16.7 Å². The van der Waals surface area contributed by atoms with Gasteiger partial charge in [-0.3, -0.25) is 4.40 Å². The number of fused-ring (bicyclic) bond motifs is 1. The van der Waals surface area contributed by atoms with Crippen LogP contribution in [-0.4, -0.2) is 9.38 Å². The first-order chi connectivity index (χ1) is 8.25. The molecular weight excluding hydrogens is 208 g/mol. The predicted octanol–water partition coefficient (Wildman–Crippen LogP) is 3.62. The van der Waals surface area contributed by atoms with Gasteiger partial charge in [0.2, 0.25) is 0 Å². The van der Waals surface area contributed by atoms with Gasteiger partial charge in [-0.2, -0.15) is 0 Å². The van der Waals surface area contributed by atoms with Crippen LogP contribution in [0.25, 0.3) is 16.9 Å². The molecule has 0 aliphatic carbocycles. The van der Waals surface area contributed by atoms with Gasteiger partial charge in [0.1, 0.15) is 5.82 Å². The van der Waals surface area contributed by atoms with Crippen LogP contribution in [0.15, 0.2) is 48.8 Å². The zero-order valence-corrected chi connectivity index (χ0v) is 10.0. The highest BCUT2D eigenvalue weighted by molar-refractivity contribution is 5.65. The van der Waals surface area contributed by atoms with Gasteiger partial charge >= 0.3 is 0 Å². The lowest BCUT2D eigenvalue weighted by Gasteiger charge is -2.05. The van der Waals surface area contributed by atoms with E-state index in [0.717, 1.165) is 11.3 Å². The number of aromatic nitrogens is 2. The molecule has 0 atom stereocenters. The Hall–Kier alpha value is -2.09. The smallest absolute Gasteiger partial charge is 0.144 e. The molecule has 2 aromatic heterocycles. The highest BCUT2D eigenvalue weighted by Gasteiger charge is 2.07. The summed E-state index contributed by atoms with van der Waals surface area (Å²) in [6.45, 7) is 4.21. The van der Waals surface area contributed by atoms with E-state index in [4.69, 9.17) is 0 Å². The summed E-state index contributed by atoms with van der Waals surface area (Å²) in [7, 11) is 0. The molecule has 0 spiro atoms. The Bertz CT molecular complexity index is 680. The molecule has 0 saturated heterocycles. The van der Waals surface area contributed by atoms with Crippen molar-refractivity contribution in [1.82, 2.24) is 9.38 Å². The molecule has 17 heavy (non-hydrogen) atoms. The number of nitrogens with zero attached hydrogens (tertiary/aromatic N) is 2. The Morgan fingerprint density at radius 3 is 2.71 bits per heavy atom. The first-order valence-electron chi connectivity index (χ1n) is 5.75. The van der Waals surface area contributed by atoms with Gasteiger partial charge < -0.3 is 0 Å². The number of rotatable bonds is 1. The Labute approximate surface area is 101 Å². The van der Waals surface area contributed by atoms with Crippen molar-refractivity contribution >= 4 is 5.52 Å². The van der Waals surface area contributed by atoms with Crippen molar-refractivity contribution in [1.29, 1.82) is 0 Å². The third-order valence-corrected chi connectivity index (χ3v) is 3.07. The van der Waals surface area contributed by atoms with Crippen LogP contribution in [-0.2, 0) is 0 Å². The van der Waals surface area contributed by atoms with Gasteiger partial charge in [-0.25, -0.2) is 4.98 Å². The Morgan fingerprint density at radius 1 is 1.06 bits per heavy atom. The number of aryl methyl sites for hydroxylation is 2. The normalized spacial score (nSPS) is 10.9. The molecule has 0 N–H and O–H groups in total. The van der Waals surface area contributed by atoms with Gasteiger partial charge in [0.25, 0.3) is 0 Å². The standard InChI is InChI=1S/C15H14N2/c1-11-7-8-17-13(9-11)10-16-15(17)14-6-4-3-5-12(14)2/h3-10H,1-2H3. The molecule has 0 bridgehead atoms. The molecule has 3 rings (SSSR count). The molecule has 2 heterocycles. The zero-order valence-electron chi connectivity index (χ0n) is 10.0. The van der Waals surface area contributed by atoms with Gasteiger partial charge in [-0.05, 0) is 37.1 Å². The van der Waals surface area contributed by atoms with Crippen molar-refractivity contribution in [2.45, 2.75) is 13.8 Å². The van der Waals surface area contributed by atoms with Gasteiger partial charge in [0.15, 0.2) is 0 Å². The lowest BCUT2D eigenvalue weighted by atomic mass is 10.1. The minimum Gasteiger partial charge on any atom is -0.300 e. The van der Waals surface area contributed by atoms with Crippen molar-refractivity contribution < 1.29 is 0 Å². The van der Waals surface area contributed by atoms with Crippen LogP contribution in [0.5, 0.6) is 0 Å². The molecule has 2 nitrogen and oxygen atoms in total. The summed E-state index contributed by atoms with van der Waals surface area (Å²) in [6, 6.07) is 12.6. The van der Waals surface area contributed by atoms with Crippen LogP contribution in [0.1, 0.15) is 11.1 Å². The Kier molecular flexibility index (Phi) is 2.22. The number of benzene rings is 1. The van der Waals surface area contributed by atoms with Crippen LogP contribution in [0.4, 0.5) is 0 Å². The quantitative estimate of drug-likeness (QED) is 0.614. The number of hydrogen-bond acceptors (Lipinski definition) is 1. The van der Waals surface area contributed by atoms with E-state index in [-0.39, 0.29) is 0 Å². The molecule has 1 aromatic carbocycles. The number of imidazole rings is 1. The van der Waals surface area contributed by atoms with Gasteiger partial charge in [0, 0.05) is 11.8 Å². The van der Waals surface area contributed by atoms with E-state index in [2.05, 4.69) is 65.8 Å². The van der Waals surface area contributed by atoms with Crippen molar-refractivity contribution in [3.8, 4) is 11.4 Å². The summed E-state index contributed by atoms with van der Waals surface area (Å²) in [5.41, 5.74) is 4.84. The highest BCUT2D eigenvalue weighted by atomic mass is 15.0. The molecule has 0 saturated carbocycles. The minimum absolute atomic E-state index is 1.01. The van der Waals surface area contributed by atoms with Crippen LogP contribution >= 0.6 is 0 Å². The van der Waals surface area contributed by atoms with Crippen molar-refractivity contribution in [3.05, 3.63) is 59.9 Å². The summed E-state index contributed by atoms with van der Waals surface area (Å²) in [5.74, 6) is 1.01. The second-order valence-electron chi connectivity index (χ2n) is 4.40. The fraction of sp³-hybridized carbons (Fsp3) is 0.133. The molecule has 0 unspecified atom stereocenters. The number of pyridine rings is 1. The second kappa shape index (κ2) is 3.74. The Balaban J connectivity index is 2.29. The zero-order chi connectivity index (χ0) is 11.8. The van der Waals surface area contributed by atoms with Crippen LogP contribution in [0.2, 0.25) is 0 Å². The molecule has 84 valence electrons. The molecule has 0 fully saturated rings. The van der Waals surface area contributed by atoms with Crippen LogP contribution in [0, 0.1) is 13.8 Å². The first-order valence-corrected chi connectivity index (χ1v) is 5.75. The monoisotopic (exact) mass is 222 g/mol. The maximum atomic E-state index is 4.53. The topological polar surface area (TPSA) is 17.3 Å². The largest absolute Gasteiger partial charge is 0.300 e. The highest BCUT2D eigenvalue weighted by Crippen LogP contribution is 2.23. The summed E-state index contributed by atoms with van der Waals surface area (Å²) in [6.07, 6.45) is 4.01. The van der Waals surface area contributed by atoms with Crippen molar-refractivity contribution in [2.75, 3.05) is 0 Å². The SMILES string of the molecule is Cc1ccn2c(-c3ccccc3C)ncc2c1. The molecular formula is C15H14N2. The summed E-state index contributed by atoms with van der Waals surface area (Å²) in [4.78, 5) is 4.53. The van der Waals surface area contributed by atoms with Crippen LogP contribution < -0.4 is 0 Å². The van der Waals surface area contributed by atoms with E-state index in [0.29, 0.717) is 0 Å². The fourth-order valence-electron chi connectivity index (χ4n) is 2.13. The van der Waals surface area contributed by atoms with E-state index in [1.54, 1.807) is 0 Å². The molecule has 0 radical (unpaired) electrons. The third-order valence-electron chi connectivity index (χ3n) is 3.07. The first kappa shape index (κ1) is 10.1. The molecule has 0 aliphatic heterocycles. The average molecular weight is 222 g/mol. The van der Waals surface area contributed by atoms with Crippen molar-refractivity contribution in [2.24, 2.45) is 0 Å². The maximum absolute atomic E-state index is 4.53. The molecule has 2 heteroatoms. The summed E-state index contributed by atoms with van der Waals surface area (Å²) in [5, 5.41) is 0. The van der Waals surface area contributed by atoms with Crippen LogP contribution in [0.3, 0.4) is 0 Å². The average Bonchev–Trinajstić information content (AvgIpc) is 2.72. The minimum atomic E-state index is 1.01. The summed E-state index contributed by atoms with van der Waals surface area (Å²) < 4.78 is 2.13. The fourth-order valence-corrected chi connectivity index (χ4v) is 2.13. The molecule has 0 aliphatic rings. The third kappa shape index (κ3) is 1.62. The summed E-state index contributed by atoms with van der Waals surface area (Å²) >= 11 is 0. The second-order valence-corrected chi connectivity index (χ2v) is 4.40. The van der Waals surface area contributed by atoms with E-state index in [1.807, 2.05) is 6.20 Å². The lowest BCUT2D eigenvalue weighted by Crippen LogP contribution is -1.91. The number of hydrogen-bond donors (Lipinski definition) is 0. The predicted molar refractivity (Wildman–Crippen MR) is 70.1 cm³/mol. The Morgan fingerprint density at radius 2 is 1.88 bits per heavy atom. The maximum Gasteiger partial charge on any atom is 0.144 e. The molecule has 3 aromatic rings. The van der Waals surface area contributed by atoms with Gasteiger partial charge in [-0.15, -0.1) is 0 Å². The van der Waals surface area contributed by atoms with Crippen molar-refractivity contribution in [3.63, 3.8) is 0 Å². The van der Waals surface area contributed by atoms with E-state index >= 15 is 0 Å². The van der Waals surface area contributed by atoms with E-state index < -0.39 is 0 Å². The van der Waals surface area contributed by atoms with Gasteiger partial charge in [0.05, 0.1) is 11.7 Å². The van der Waals surface area contributed by atoms with E-state index in [9.17, 15) is 0 Å². The molecule has 0 amide bonds. The van der Waals surface area contributed by atoms with Gasteiger partial charge in [-0.1, -0.05) is 24.3 Å². The lowest BCUT2D eigenvalue weighted by molar-refractivity contribution is 1.15.